The van der Waals surface area contributed by atoms with Gasteiger partial charge in [0.2, 0.25) is 0 Å². The Morgan fingerprint density at radius 1 is 1.26 bits per heavy atom. The number of hydrogen-bond donors (Lipinski definition) is 0. The summed E-state index contributed by atoms with van der Waals surface area (Å²) in [5.74, 6) is -0.0451. The third-order valence-corrected chi connectivity index (χ3v) is 2.95. The molecular weight excluding hydrogens is 236 g/mol. The lowest BCUT2D eigenvalue weighted by atomic mass is 10.2. The monoisotopic (exact) mass is 254 g/mol. The van der Waals surface area contributed by atoms with E-state index in [0.29, 0.717) is 18.8 Å². The number of pyridine rings is 1. The van der Waals surface area contributed by atoms with Crippen LogP contribution in [0.1, 0.15) is 24.3 Å². The van der Waals surface area contributed by atoms with Gasteiger partial charge in [-0.25, -0.2) is 4.98 Å². The van der Waals surface area contributed by atoms with Gasteiger partial charge in [-0.1, -0.05) is 36.4 Å². The zero-order valence-electron chi connectivity index (χ0n) is 11.4. The number of para-hydroxylation sites is 1. The summed E-state index contributed by atoms with van der Waals surface area (Å²) in [6.07, 6.45) is 0. The summed E-state index contributed by atoms with van der Waals surface area (Å²) in [5.41, 5.74) is 2.30. The van der Waals surface area contributed by atoms with Crippen LogP contribution in [0.2, 0.25) is 0 Å². The molecule has 1 heterocycles. The van der Waals surface area contributed by atoms with Gasteiger partial charge in [0.15, 0.2) is 0 Å². The first kappa shape index (κ1) is 13.3. The molecule has 0 saturated carbocycles. The minimum Gasteiger partial charge on any atom is -0.334 e. The molecule has 19 heavy (non-hydrogen) atoms. The molecule has 0 saturated heterocycles. The average Bonchev–Trinajstić information content (AvgIpc) is 2.43. The lowest BCUT2D eigenvalue weighted by molar-refractivity contribution is 0.0773. The fourth-order valence-corrected chi connectivity index (χ4v) is 2.00. The third kappa shape index (κ3) is 2.99. The lowest BCUT2D eigenvalue weighted by Crippen LogP contribution is -2.32. The van der Waals surface area contributed by atoms with Gasteiger partial charge in [0.25, 0.3) is 5.91 Å². The molecule has 0 N–H and O–H groups in total. The van der Waals surface area contributed by atoms with E-state index in [9.17, 15) is 4.79 Å². The Labute approximate surface area is 113 Å². The highest BCUT2D eigenvalue weighted by Crippen LogP contribution is 2.13. The first-order chi connectivity index (χ1) is 9.11. The highest BCUT2D eigenvalue weighted by Gasteiger charge is 2.15. The van der Waals surface area contributed by atoms with Crippen LogP contribution in [0.15, 0.2) is 48.6 Å². The van der Waals surface area contributed by atoms with Crippen LogP contribution >= 0.6 is 0 Å². The van der Waals surface area contributed by atoms with E-state index in [0.717, 1.165) is 16.5 Å². The number of amides is 1. The van der Waals surface area contributed by atoms with Crippen LogP contribution in [0.25, 0.3) is 10.9 Å². The van der Waals surface area contributed by atoms with Crippen molar-refractivity contribution in [2.75, 3.05) is 13.1 Å². The fraction of sp³-hybridized carbons (Fsp3) is 0.250. The predicted molar refractivity (Wildman–Crippen MR) is 78.1 cm³/mol. The number of carbonyl (C=O) groups excluding carboxylic acids is 1. The second-order valence-corrected chi connectivity index (χ2v) is 4.67. The van der Waals surface area contributed by atoms with E-state index in [2.05, 4.69) is 11.6 Å². The fourth-order valence-electron chi connectivity index (χ4n) is 2.00. The molecule has 0 fully saturated rings. The van der Waals surface area contributed by atoms with E-state index in [4.69, 9.17) is 0 Å². The quantitative estimate of drug-likeness (QED) is 0.784. The van der Waals surface area contributed by atoms with Crippen molar-refractivity contribution >= 4 is 16.8 Å². The first-order valence-electron chi connectivity index (χ1n) is 6.41. The molecule has 0 radical (unpaired) electrons. The SMILES string of the molecule is C=C(C)CN(CC)C(=O)c1ccc2ccccc2n1. The molecule has 0 atom stereocenters. The lowest BCUT2D eigenvalue weighted by Gasteiger charge is -2.20. The van der Waals surface area contributed by atoms with E-state index in [1.165, 1.54) is 0 Å². The number of carbonyl (C=O) groups is 1. The van der Waals surface area contributed by atoms with E-state index in [1.54, 1.807) is 11.0 Å². The van der Waals surface area contributed by atoms with E-state index in [-0.39, 0.29) is 5.91 Å². The summed E-state index contributed by atoms with van der Waals surface area (Å²) < 4.78 is 0. The van der Waals surface area contributed by atoms with Crippen molar-refractivity contribution in [3.63, 3.8) is 0 Å². The number of likely N-dealkylation sites (N-methyl/N-ethyl adjacent to an activating group) is 1. The highest BCUT2D eigenvalue weighted by atomic mass is 16.2. The van der Waals surface area contributed by atoms with E-state index >= 15 is 0 Å². The Balaban J connectivity index is 2.32. The van der Waals surface area contributed by atoms with Crippen LogP contribution in [0, 0.1) is 0 Å². The number of fused-ring (bicyclic) bond motifs is 1. The summed E-state index contributed by atoms with van der Waals surface area (Å²) in [6, 6.07) is 11.5. The zero-order chi connectivity index (χ0) is 13.8. The van der Waals surface area contributed by atoms with Crippen molar-refractivity contribution in [2.45, 2.75) is 13.8 Å². The molecule has 0 unspecified atom stereocenters. The number of benzene rings is 1. The molecule has 98 valence electrons. The second kappa shape index (κ2) is 5.65. The second-order valence-electron chi connectivity index (χ2n) is 4.67. The van der Waals surface area contributed by atoms with Gasteiger partial charge in [0, 0.05) is 18.5 Å². The van der Waals surface area contributed by atoms with Gasteiger partial charge < -0.3 is 4.90 Å². The molecule has 3 nitrogen and oxygen atoms in total. The molecule has 0 aliphatic carbocycles. The summed E-state index contributed by atoms with van der Waals surface area (Å²) in [7, 11) is 0. The summed E-state index contributed by atoms with van der Waals surface area (Å²) >= 11 is 0. The van der Waals surface area contributed by atoms with Crippen molar-refractivity contribution in [3.05, 3.63) is 54.2 Å². The number of hydrogen-bond acceptors (Lipinski definition) is 2. The van der Waals surface area contributed by atoms with Gasteiger partial charge in [-0.05, 0) is 26.0 Å². The smallest absolute Gasteiger partial charge is 0.272 e. The van der Waals surface area contributed by atoms with Gasteiger partial charge in [0.1, 0.15) is 5.69 Å². The molecule has 0 bridgehead atoms. The van der Waals surface area contributed by atoms with Crippen LogP contribution in [-0.2, 0) is 0 Å². The van der Waals surface area contributed by atoms with Gasteiger partial charge >= 0.3 is 0 Å². The molecule has 0 aliphatic rings. The summed E-state index contributed by atoms with van der Waals surface area (Å²) in [4.78, 5) is 18.6. The van der Waals surface area contributed by atoms with Crippen LogP contribution in [0.4, 0.5) is 0 Å². The first-order valence-corrected chi connectivity index (χ1v) is 6.41. The minimum absolute atomic E-state index is 0.0451. The van der Waals surface area contributed by atoms with Gasteiger partial charge in [-0.15, -0.1) is 0 Å². The maximum absolute atomic E-state index is 12.4. The predicted octanol–water partition coefficient (Wildman–Crippen LogP) is 3.27. The molecule has 0 spiro atoms. The maximum atomic E-state index is 12.4. The third-order valence-electron chi connectivity index (χ3n) is 2.95. The normalized spacial score (nSPS) is 10.4. The standard InChI is InChI=1S/C16H18N2O/c1-4-18(11-12(2)3)16(19)15-10-9-13-7-5-6-8-14(13)17-15/h5-10H,2,4,11H2,1,3H3. The van der Waals surface area contributed by atoms with Crippen LogP contribution in [0.5, 0.6) is 0 Å². The number of rotatable bonds is 4. The van der Waals surface area contributed by atoms with Crippen molar-refractivity contribution in [2.24, 2.45) is 0 Å². The Hall–Kier alpha value is -2.16. The Morgan fingerprint density at radius 2 is 2.00 bits per heavy atom. The zero-order valence-corrected chi connectivity index (χ0v) is 11.4. The molecular formula is C16H18N2O. The maximum Gasteiger partial charge on any atom is 0.272 e. The van der Waals surface area contributed by atoms with Gasteiger partial charge in [-0.2, -0.15) is 0 Å². The van der Waals surface area contributed by atoms with Crippen LogP contribution < -0.4 is 0 Å². The molecule has 3 heteroatoms. The molecule has 2 aromatic rings. The molecule has 2 rings (SSSR count). The molecule has 1 amide bonds. The van der Waals surface area contributed by atoms with Crippen molar-refractivity contribution in [1.29, 1.82) is 0 Å². The Morgan fingerprint density at radius 3 is 2.68 bits per heavy atom. The summed E-state index contributed by atoms with van der Waals surface area (Å²) in [5, 5.41) is 1.04. The molecule has 0 aliphatic heterocycles. The van der Waals surface area contributed by atoms with Crippen molar-refractivity contribution < 1.29 is 4.79 Å². The topological polar surface area (TPSA) is 33.2 Å². The Bertz CT molecular complexity index is 619. The largest absolute Gasteiger partial charge is 0.334 e. The minimum atomic E-state index is -0.0451. The average molecular weight is 254 g/mol. The van der Waals surface area contributed by atoms with Crippen LogP contribution in [0.3, 0.4) is 0 Å². The van der Waals surface area contributed by atoms with Gasteiger partial charge in [-0.3, -0.25) is 4.79 Å². The molecule has 1 aromatic carbocycles. The molecule has 1 aromatic heterocycles. The highest BCUT2D eigenvalue weighted by molar-refractivity contribution is 5.95. The van der Waals surface area contributed by atoms with E-state index in [1.807, 2.05) is 44.2 Å². The summed E-state index contributed by atoms with van der Waals surface area (Å²) in [6.45, 7) is 8.96. The Kier molecular flexibility index (Phi) is 3.95. The van der Waals surface area contributed by atoms with Crippen molar-refractivity contribution in [3.8, 4) is 0 Å². The van der Waals surface area contributed by atoms with Gasteiger partial charge in [0.05, 0.1) is 5.52 Å². The number of aromatic nitrogens is 1. The van der Waals surface area contributed by atoms with Crippen LogP contribution in [-0.4, -0.2) is 28.9 Å². The van der Waals surface area contributed by atoms with Crippen molar-refractivity contribution in [1.82, 2.24) is 9.88 Å². The van der Waals surface area contributed by atoms with E-state index < -0.39 is 0 Å². The number of nitrogens with zero attached hydrogens (tertiary/aromatic N) is 2.